The molecule has 2 amide bonds. The first-order chi connectivity index (χ1) is 15.0. The second kappa shape index (κ2) is 9.02. The smallest absolute Gasteiger partial charge is 0.272 e. The van der Waals surface area contributed by atoms with Crippen LogP contribution in [0.15, 0.2) is 66.2 Å². The van der Waals surface area contributed by atoms with Crippen molar-refractivity contribution in [2.24, 2.45) is 5.41 Å². The minimum Gasteiger partial charge on any atom is -0.348 e. The molecule has 0 unspecified atom stereocenters. The van der Waals surface area contributed by atoms with Crippen LogP contribution < -0.4 is 0 Å². The van der Waals surface area contributed by atoms with Crippen molar-refractivity contribution in [3.8, 4) is 10.4 Å². The largest absolute Gasteiger partial charge is 0.348 e. The van der Waals surface area contributed by atoms with Crippen molar-refractivity contribution in [2.75, 3.05) is 27.2 Å². The van der Waals surface area contributed by atoms with Crippen LogP contribution >= 0.6 is 11.3 Å². The lowest BCUT2D eigenvalue weighted by molar-refractivity contribution is -0.142. The first-order valence-electron chi connectivity index (χ1n) is 10.5. The molecule has 0 saturated carbocycles. The van der Waals surface area contributed by atoms with Gasteiger partial charge in [-0.05, 0) is 54.0 Å². The maximum Gasteiger partial charge on any atom is 0.272 e. The quantitative estimate of drug-likeness (QED) is 0.601. The third-order valence-corrected chi connectivity index (χ3v) is 6.84. The highest BCUT2D eigenvalue weighted by atomic mass is 32.1. The number of hydrogen-bond donors (Lipinski definition) is 0. The normalized spacial score (nSPS) is 18.6. The van der Waals surface area contributed by atoms with Crippen LogP contribution in [0.1, 0.15) is 28.9 Å². The monoisotopic (exact) mass is 433 g/mol. The average molecular weight is 434 g/mol. The van der Waals surface area contributed by atoms with Gasteiger partial charge in [-0.25, -0.2) is 0 Å². The van der Waals surface area contributed by atoms with Crippen molar-refractivity contribution in [3.05, 3.63) is 77.4 Å². The lowest BCUT2D eigenvalue weighted by Gasteiger charge is -2.43. The number of hydrogen-bond acceptors (Lipinski definition) is 4. The van der Waals surface area contributed by atoms with Crippen molar-refractivity contribution >= 4 is 23.2 Å². The number of carbonyl (C=O) groups is 2. The summed E-state index contributed by atoms with van der Waals surface area (Å²) in [6.07, 6.45) is 3.78. The van der Waals surface area contributed by atoms with Gasteiger partial charge in [0, 0.05) is 38.3 Å². The highest BCUT2D eigenvalue weighted by Gasteiger charge is 2.45. The van der Waals surface area contributed by atoms with Gasteiger partial charge in [0.05, 0.1) is 5.41 Å². The summed E-state index contributed by atoms with van der Waals surface area (Å²) in [7, 11) is 3.60. The van der Waals surface area contributed by atoms with Gasteiger partial charge in [-0.3, -0.25) is 14.6 Å². The third kappa shape index (κ3) is 4.39. The van der Waals surface area contributed by atoms with Crippen molar-refractivity contribution in [3.63, 3.8) is 0 Å². The van der Waals surface area contributed by atoms with Gasteiger partial charge in [-0.1, -0.05) is 36.4 Å². The van der Waals surface area contributed by atoms with Crippen LogP contribution in [0.5, 0.6) is 0 Å². The fourth-order valence-electron chi connectivity index (χ4n) is 4.54. The molecule has 3 aromatic rings. The maximum atomic E-state index is 13.5. The van der Waals surface area contributed by atoms with Crippen molar-refractivity contribution in [1.82, 2.24) is 14.8 Å². The number of piperidine rings is 1. The Hall–Kier alpha value is -2.99. The SMILES string of the molecule is CN(C)C(=O)[C@]1(Cc2ccccc2-c2cccs2)CCCN(C(=O)c2ccccn2)C1. The minimum atomic E-state index is -0.653. The molecule has 1 aliphatic heterocycles. The number of thiophene rings is 1. The molecule has 6 heteroatoms. The van der Waals surface area contributed by atoms with E-state index in [4.69, 9.17) is 0 Å². The molecule has 0 spiro atoms. The average Bonchev–Trinajstić information content (AvgIpc) is 3.34. The van der Waals surface area contributed by atoms with E-state index in [9.17, 15) is 9.59 Å². The molecule has 1 aromatic carbocycles. The minimum absolute atomic E-state index is 0.0759. The number of nitrogens with zero attached hydrogens (tertiary/aromatic N) is 3. The number of benzene rings is 1. The summed E-state index contributed by atoms with van der Waals surface area (Å²) in [4.78, 5) is 35.5. The van der Waals surface area contributed by atoms with Gasteiger partial charge in [0.1, 0.15) is 5.69 Å². The summed E-state index contributed by atoms with van der Waals surface area (Å²) in [5.74, 6) is -0.0326. The topological polar surface area (TPSA) is 53.5 Å². The Balaban J connectivity index is 1.69. The number of pyridine rings is 1. The summed E-state index contributed by atoms with van der Waals surface area (Å²) >= 11 is 1.70. The molecular weight excluding hydrogens is 406 g/mol. The molecule has 0 radical (unpaired) electrons. The Labute approximate surface area is 187 Å². The van der Waals surface area contributed by atoms with Crippen LogP contribution in [0.3, 0.4) is 0 Å². The summed E-state index contributed by atoms with van der Waals surface area (Å²) in [6, 6.07) is 17.8. The lowest BCUT2D eigenvalue weighted by Crippen LogP contribution is -2.54. The maximum absolute atomic E-state index is 13.5. The second-order valence-electron chi connectivity index (χ2n) is 8.34. The number of carbonyl (C=O) groups excluding carboxylic acids is 2. The van der Waals surface area contributed by atoms with Crippen molar-refractivity contribution in [1.29, 1.82) is 0 Å². The summed E-state index contributed by atoms with van der Waals surface area (Å²) in [6.45, 7) is 1.04. The van der Waals surface area contributed by atoms with Gasteiger partial charge >= 0.3 is 0 Å². The van der Waals surface area contributed by atoms with Gasteiger partial charge < -0.3 is 9.80 Å². The fraction of sp³-hybridized carbons (Fsp3) is 0.320. The van der Waals surface area contributed by atoms with Crippen LogP contribution in [0, 0.1) is 5.41 Å². The van der Waals surface area contributed by atoms with Crippen LogP contribution in [-0.2, 0) is 11.2 Å². The van der Waals surface area contributed by atoms with E-state index in [1.54, 1.807) is 53.6 Å². The molecule has 3 heterocycles. The summed E-state index contributed by atoms with van der Waals surface area (Å²) in [5, 5.41) is 2.07. The van der Waals surface area contributed by atoms with Crippen LogP contribution in [-0.4, -0.2) is 53.8 Å². The summed E-state index contributed by atoms with van der Waals surface area (Å²) < 4.78 is 0. The van der Waals surface area contributed by atoms with Gasteiger partial charge in [0.2, 0.25) is 5.91 Å². The number of rotatable bonds is 5. The Morgan fingerprint density at radius 1 is 1.10 bits per heavy atom. The molecule has 5 nitrogen and oxygen atoms in total. The first kappa shape index (κ1) is 21.2. The Morgan fingerprint density at radius 3 is 2.61 bits per heavy atom. The van der Waals surface area contributed by atoms with Crippen LogP contribution in [0.2, 0.25) is 0 Å². The van der Waals surface area contributed by atoms with Crippen molar-refractivity contribution < 1.29 is 9.59 Å². The first-order valence-corrected chi connectivity index (χ1v) is 11.4. The van der Waals surface area contributed by atoms with Crippen molar-refractivity contribution in [2.45, 2.75) is 19.3 Å². The second-order valence-corrected chi connectivity index (χ2v) is 9.28. The van der Waals surface area contributed by atoms with E-state index >= 15 is 0 Å². The molecule has 4 rings (SSSR count). The van der Waals surface area contributed by atoms with E-state index in [0.29, 0.717) is 25.2 Å². The van der Waals surface area contributed by atoms with Gasteiger partial charge in [-0.15, -0.1) is 11.3 Å². The van der Waals surface area contributed by atoms with E-state index in [1.165, 1.54) is 4.88 Å². The van der Waals surface area contributed by atoms with E-state index in [-0.39, 0.29) is 11.8 Å². The van der Waals surface area contributed by atoms with Gasteiger partial charge in [0.25, 0.3) is 5.91 Å². The predicted molar refractivity (Wildman–Crippen MR) is 124 cm³/mol. The fourth-order valence-corrected chi connectivity index (χ4v) is 5.32. The molecule has 160 valence electrons. The lowest BCUT2D eigenvalue weighted by atomic mass is 9.73. The zero-order chi connectivity index (χ0) is 21.8. The molecular formula is C25H27N3O2S. The Kier molecular flexibility index (Phi) is 6.18. The Morgan fingerprint density at radius 2 is 1.90 bits per heavy atom. The predicted octanol–water partition coefficient (Wildman–Crippen LogP) is 4.36. The molecule has 1 atom stereocenters. The van der Waals surface area contributed by atoms with E-state index in [1.807, 2.05) is 24.3 Å². The zero-order valence-electron chi connectivity index (χ0n) is 18.0. The standard InChI is InChI=1S/C25H27N3O2S/c1-27(2)24(30)25(17-19-9-3-4-10-20(19)22-12-7-16-31-22)13-8-15-28(18-25)23(29)21-11-5-6-14-26-21/h3-7,9-12,14,16H,8,13,15,17-18H2,1-2H3/t25-/m0/s1. The number of amides is 2. The molecule has 2 aromatic heterocycles. The zero-order valence-corrected chi connectivity index (χ0v) is 18.8. The molecule has 1 fully saturated rings. The highest BCUT2D eigenvalue weighted by Crippen LogP contribution is 2.39. The summed E-state index contributed by atoms with van der Waals surface area (Å²) in [5.41, 5.74) is 2.08. The van der Waals surface area contributed by atoms with Crippen LogP contribution in [0.25, 0.3) is 10.4 Å². The van der Waals surface area contributed by atoms with E-state index in [0.717, 1.165) is 24.0 Å². The molecule has 0 aliphatic carbocycles. The number of likely N-dealkylation sites (tertiary alicyclic amines) is 1. The molecule has 0 N–H and O–H groups in total. The molecule has 1 aliphatic rings. The third-order valence-electron chi connectivity index (χ3n) is 5.94. The molecule has 0 bridgehead atoms. The Bertz CT molecular complexity index is 1050. The van der Waals surface area contributed by atoms with Crippen LogP contribution in [0.4, 0.5) is 0 Å². The van der Waals surface area contributed by atoms with Gasteiger partial charge in [-0.2, -0.15) is 0 Å². The van der Waals surface area contributed by atoms with E-state index in [2.05, 4.69) is 28.6 Å². The molecule has 1 saturated heterocycles. The number of aromatic nitrogens is 1. The highest BCUT2D eigenvalue weighted by molar-refractivity contribution is 7.13. The van der Waals surface area contributed by atoms with E-state index < -0.39 is 5.41 Å². The molecule has 31 heavy (non-hydrogen) atoms. The van der Waals surface area contributed by atoms with Gasteiger partial charge in [0.15, 0.2) is 0 Å².